The van der Waals surface area contributed by atoms with Crippen molar-refractivity contribution in [2.75, 3.05) is 24.7 Å². The highest BCUT2D eigenvalue weighted by molar-refractivity contribution is 6.02. The number of aryl methyl sites for hydroxylation is 2. The molecule has 0 fully saturated rings. The molecule has 0 radical (unpaired) electrons. The Kier molecular flexibility index (Phi) is 15.3. The number of fused-ring (bicyclic) bond motifs is 3. The van der Waals surface area contributed by atoms with E-state index in [-0.39, 0.29) is 40.0 Å². The molecule has 0 saturated heterocycles. The van der Waals surface area contributed by atoms with Crippen LogP contribution < -0.4 is 25.0 Å². The van der Waals surface area contributed by atoms with Crippen molar-refractivity contribution in [3.05, 3.63) is 226 Å². The maximum Gasteiger partial charge on any atom is 0.347 e. The van der Waals surface area contributed by atoms with Gasteiger partial charge in [0.2, 0.25) is 11.2 Å². The van der Waals surface area contributed by atoms with E-state index in [0.717, 1.165) is 0 Å². The number of carbonyl (C=O) groups is 3. The van der Waals surface area contributed by atoms with Gasteiger partial charge in [0, 0.05) is 84.2 Å². The third kappa shape index (κ3) is 11.3. The number of pyridine rings is 1. The number of nitrogen functional groups attached to an aromatic ring is 1. The summed E-state index contributed by atoms with van der Waals surface area (Å²) in [7, 11) is 6.28. The lowest BCUT2D eigenvalue weighted by Gasteiger charge is -2.21. The highest BCUT2D eigenvalue weighted by Crippen LogP contribution is 2.38. The van der Waals surface area contributed by atoms with Crippen molar-refractivity contribution in [1.29, 1.82) is 0 Å². The number of anilines is 2. The van der Waals surface area contributed by atoms with E-state index in [1.54, 1.807) is 72.8 Å². The number of hydrogen-bond acceptors (Lipinski definition) is 9. The zero-order valence-electron chi connectivity index (χ0n) is 41.9. The second-order valence-corrected chi connectivity index (χ2v) is 18.0. The molecule has 0 aliphatic carbocycles. The second kappa shape index (κ2) is 22.3. The Labute approximate surface area is 433 Å². The Bertz CT molecular complexity index is 3710. The lowest BCUT2D eigenvalue weighted by atomic mass is 9.90. The number of carboxylic acids is 2. The molecule has 0 aliphatic rings. The second-order valence-electron chi connectivity index (χ2n) is 18.0. The number of carboxylic acid groups (broad SMARTS) is 2. The minimum atomic E-state index is -1.34. The normalized spacial score (nSPS) is 10.9. The molecule has 13 nitrogen and oxygen atoms in total. The molecular formula is C62H54N4O9. The van der Waals surface area contributed by atoms with Crippen molar-refractivity contribution >= 4 is 73.9 Å². The minimum Gasteiger partial charge on any atom is -0.872 e. The monoisotopic (exact) mass is 998 g/mol. The fourth-order valence-corrected chi connectivity index (χ4v) is 9.00. The number of rotatable bonds is 10. The van der Waals surface area contributed by atoms with Crippen LogP contribution in [0.4, 0.5) is 11.4 Å². The molecule has 13 heteroatoms. The third-order valence-corrected chi connectivity index (χ3v) is 12.9. The van der Waals surface area contributed by atoms with Gasteiger partial charge < -0.3 is 45.5 Å². The van der Waals surface area contributed by atoms with E-state index >= 15 is 0 Å². The first kappa shape index (κ1) is 51.5. The number of aromatic carboxylic acids is 2. The van der Waals surface area contributed by atoms with E-state index < -0.39 is 29.4 Å². The van der Waals surface area contributed by atoms with Gasteiger partial charge in [-0.1, -0.05) is 90.7 Å². The first-order valence-corrected chi connectivity index (χ1v) is 23.8. The number of phenols is 2. The van der Waals surface area contributed by atoms with Crippen LogP contribution in [-0.4, -0.2) is 57.0 Å². The van der Waals surface area contributed by atoms with Gasteiger partial charge in [-0.3, -0.25) is 0 Å². The van der Waals surface area contributed by atoms with E-state index in [2.05, 4.69) is 128 Å². The molecule has 8 aromatic carbocycles. The van der Waals surface area contributed by atoms with Gasteiger partial charge in [-0.2, -0.15) is 4.57 Å². The van der Waals surface area contributed by atoms with E-state index in [9.17, 15) is 39.9 Å². The zero-order valence-corrected chi connectivity index (χ0v) is 41.9. The van der Waals surface area contributed by atoms with Crippen LogP contribution in [0, 0.1) is 13.8 Å². The number of benzene rings is 8. The minimum absolute atomic E-state index is 0.0862. The summed E-state index contributed by atoms with van der Waals surface area (Å²) in [4.78, 5) is 37.0. The van der Waals surface area contributed by atoms with Gasteiger partial charge in [-0.15, -0.1) is 0 Å². The zero-order chi connectivity index (χ0) is 53.5. The lowest BCUT2D eigenvalue weighted by molar-refractivity contribution is -0.646. The fourth-order valence-electron chi connectivity index (χ4n) is 9.00. The Morgan fingerprint density at radius 2 is 1.25 bits per heavy atom. The van der Waals surface area contributed by atoms with Gasteiger partial charge in [0.15, 0.2) is 0 Å². The summed E-state index contributed by atoms with van der Waals surface area (Å²) in [5, 5.41) is 55.6. The average molecular weight is 999 g/mol. The summed E-state index contributed by atoms with van der Waals surface area (Å²) in [6.07, 6.45) is 4.32. The molecule has 376 valence electrons. The maximum atomic E-state index is 12.9. The van der Waals surface area contributed by atoms with Crippen molar-refractivity contribution in [3.63, 3.8) is 0 Å². The van der Waals surface area contributed by atoms with Crippen LogP contribution in [-0.2, 0) is 13.5 Å². The van der Waals surface area contributed by atoms with Crippen LogP contribution in [0.25, 0.3) is 50.3 Å². The molecule has 0 aliphatic heterocycles. The molecule has 2 aromatic heterocycles. The molecule has 6 N–H and O–H groups in total. The molecule has 0 bridgehead atoms. The quantitative estimate of drug-likeness (QED) is 0.0377. The van der Waals surface area contributed by atoms with Gasteiger partial charge >= 0.3 is 17.9 Å². The summed E-state index contributed by atoms with van der Waals surface area (Å²) >= 11 is 0. The van der Waals surface area contributed by atoms with Crippen molar-refractivity contribution < 1.29 is 49.2 Å². The molecule has 75 heavy (non-hydrogen) atoms. The van der Waals surface area contributed by atoms with Crippen molar-refractivity contribution in [3.8, 4) is 28.7 Å². The van der Waals surface area contributed by atoms with Gasteiger partial charge in [0.05, 0.1) is 5.56 Å². The third-order valence-electron chi connectivity index (χ3n) is 12.9. The smallest absolute Gasteiger partial charge is 0.347 e. The first-order chi connectivity index (χ1) is 36.0. The largest absolute Gasteiger partial charge is 0.872 e. The summed E-state index contributed by atoms with van der Waals surface area (Å²) in [5.74, 6) is -4.09. The van der Waals surface area contributed by atoms with Crippen LogP contribution in [0.1, 0.15) is 64.8 Å². The first-order valence-electron chi connectivity index (χ1n) is 23.8. The molecular weight excluding hydrogens is 945 g/mol. The molecule has 2 heterocycles. The van der Waals surface area contributed by atoms with E-state index in [4.69, 9.17) is 10.5 Å². The SMILES string of the molecule is Cc1cc(C=Cc2ccc3cc(N(C)C)ccc3[n+]2C)c(C)n1-c1ccccc1.Nc1ccc(C(=O)Oc2ccccc2)c(O)c1.O=C(O)c1cc2ccccc2c(Cc2c(O)c(C(=O)O)cc3ccccc23)c1[O-]. The van der Waals surface area contributed by atoms with Crippen LogP contribution in [0.3, 0.4) is 0 Å². The number of esters is 1. The maximum absolute atomic E-state index is 12.9. The topological polar surface area (TPSA) is 202 Å². The standard InChI is InChI=1S/C26H28N3.C23H16O6.C13H11NO3/c1-19-17-21(20(2)29(19)24-9-7-6-8-10-24)11-13-23-14-12-22-18-25(27(3)4)15-16-26(22)28(23)5;24-20-16(14-7-3-1-5-12(14)9-18(20)22(26)27)11-17-15-8-4-2-6-13(15)10-19(21(17)25)23(28)29;14-9-6-7-11(12(15)8-9)13(16)17-10-4-2-1-3-5-10/h6-18H,1-5H3;1-10,24-25H,11H2,(H,26,27)(H,28,29);1-8,15H,14H2/q+1;;/p-1. The van der Waals surface area contributed by atoms with Crippen LogP contribution in [0.5, 0.6) is 23.0 Å². The number of phenolic OH excluding ortho intramolecular Hbond substituents is 1. The molecule has 0 amide bonds. The highest BCUT2D eigenvalue weighted by atomic mass is 16.5. The number of hydrogen-bond donors (Lipinski definition) is 5. The van der Waals surface area contributed by atoms with E-state index in [1.165, 1.54) is 75.3 Å². The number of ether oxygens (including phenoxy) is 1. The molecule has 0 atom stereocenters. The Morgan fingerprint density at radius 3 is 1.88 bits per heavy atom. The number of nitrogens with zero attached hydrogens (tertiary/aromatic N) is 3. The predicted octanol–water partition coefficient (Wildman–Crippen LogP) is 11.3. The van der Waals surface area contributed by atoms with E-state index in [0.29, 0.717) is 33.0 Å². The number of nitrogens with two attached hydrogens (primary N) is 1. The molecule has 0 unspecified atom stereocenters. The fraction of sp³-hybridized carbons (Fsp3) is 0.0968. The number of aromatic hydroxyl groups is 2. The van der Waals surface area contributed by atoms with Crippen LogP contribution in [0.2, 0.25) is 0 Å². The lowest BCUT2D eigenvalue weighted by Crippen LogP contribution is -2.32. The van der Waals surface area contributed by atoms with Crippen molar-refractivity contribution in [1.82, 2.24) is 4.57 Å². The molecule has 10 aromatic rings. The van der Waals surface area contributed by atoms with Gasteiger partial charge in [0.1, 0.15) is 35.4 Å². The van der Waals surface area contributed by atoms with Gasteiger partial charge in [0.25, 0.3) is 0 Å². The van der Waals surface area contributed by atoms with Crippen molar-refractivity contribution in [2.24, 2.45) is 7.05 Å². The number of aromatic nitrogens is 2. The Balaban J connectivity index is 0.000000155. The van der Waals surface area contributed by atoms with E-state index in [1.807, 2.05) is 6.07 Å². The average Bonchev–Trinajstić information content (AvgIpc) is 3.69. The van der Waals surface area contributed by atoms with Crippen LogP contribution in [0.15, 0.2) is 176 Å². The Hall–Kier alpha value is -9.88. The summed E-state index contributed by atoms with van der Waals surface area (Å²) in [6.45, 7) is 4.35. The number of carbonyl (C=O) groups excluding carboxylic acids is 1. The van der Waals surface area contributed by atoms with Gasteiger partial charge in [-0.25, -0.2) is 14.4 Å². The molecule has 0 saturated carbocycles. The van der Waals surface area contributed by atoms with Crippen molar-refractivity contribution in [2.45, 2.75) is 20.3 Å². The number of para-hydroxylation sites is 2. The predicted molar refractivity (Wildman–Crippen MR) is 293 cm³/mol. The van der Waals surface area contributed by atoms with Gasteiger partial charge in [-0.05, 0) is 125 Å². The Morgan fingerprint density at radius 1 is 0.653 bits per heavy atom. The highest BCUT2D eigenvalue weighted by Gasteiger charge is 2.21. The molecule has 10 rings (SSSR count). The summed E-state index contributed by atoms with van der Waals surface area (Å²) in [6, 6.07) is 53.2. The van der Waals surface area contributed by atoms with Crippen LogP contribution >= 0.6 is 0 Å². The molecule has 0 spiro atoms. The summed E-state index contributed by atoms with van der Waals surface area (Å²) in [5.41, 5.74) is 14.3. The summed E-state index contributed by atoms with van der Waals surface area (Å²) < 4.78 is 9.64.